The molecule has 0 spiro atoms. The molecule has 0 bridgehead atoms. The molecule has 0 aromatic heterocycles. The highest BCUT2D eigenvalue weighted by atomic mass is 35.5. The van der Waals surface area contributed by atoms with E-state index in [4.69, 9.17) is 4.74 Å². The summed E-state index contributed by atoms with van der Waals surface area (Å²) in [6.45, 7) is 9.06. The number of piperidine rings is 1. The van der Waals surface area contributed by atoms with Crippen LogP contribution in [0.25, 0.3) is 0 Å². The van der Waals surface area contributed by atoms with Crippen molar-refractivity contribution in [1.29, 1.82) is 0 Å². The Morgan fingerprint density at radius 1 is 1.30 bits per heavy atom. The molecule has 1 N–H and O–H groups in total. The molecule has 0 aromatic carbocycles. The molecule has 1 aliphatic heterocycles. The monoisotopic (exact) mass is 306 g/mol. The van der Waals surface area contributed by atoms with Gasteiger partial charge in [0.25, 0.3) is 0 Å². The van der Waals surface area contributed by atoms with Gasteiger partial charge in [-0.3, -0.25) is 4.79 Å². The van der Waals surface area contributed by atoms with E-state index in [1.54, 1.807) is 7.11 Å². The molecule has 0 radical (unpaired) electrons. The van der Waals surface area contributed by atoms with Gasteiger partial charge in [0.2, 0.25) is 5.91 Å². The fourth-order valence-corrected chi connectivity index (χ4v) is 2.59. The first-order valence-corrected chi connectivity index (χ1v) is 7.57. The van der Waals surface area contributed by atoms with E-state index in [-0.39, 0.29) is 30.5 Å². The van der Waals surface area contributed by atoms with Gasteiger partial charge < -0.3 is 15.0 Å². The smallest absolute Gasteiger partial charge is 0.222 e. The molecule has 1 rings (SSSR count). The second-order valence-electron chi connectivity index (χ2n) is 5.92. The Balaban J connectivity index is 0.00000361. The lowest BCUT2D eigenvalue weighted by atomic mass is 9.93. The van der Waals surface area contributed by atoms with Crippen LogP contribution in [0.1, 0.15) is 46.5 Å². The van der Waals surface area contributed by atoms with Gasteiger partial charge in [-0.1, -0.05) is 0 Å². The maximum absolute atomic E-state index is 12.3. The predicted molar refractivity (Wildman–Crippen MR) is 85.4 cm³/mol. The van der Waals surface area contributed by atoms with Crippen LogP contribution in [0.3, 0.4) is 0 Å². The van der Waals surface area contributed by atoms with E-state index >= 15 is 0 Å². The molecule has 1 atom stereocenters. The van der Waals surface area contributed by atoms with Crippen LogP contribution in [-0.2, 0) is 9.53 Å². The molecule has 5 heteroatoms. The van der Waals surface area contributed by atoms with Gasteiger partial charge >= 0.3 is 0 Å². The van der Waals surface area contributed by atoms with Gasteiger partial charge in [0.1, 0.15) is 0 Å². The van der Waals surface area contributed by atoms with Crippen molar-refractivity contribution in [1.82, 2.24) is 10.2 Å². The van der Waals surface area contributed by atoms with Gasteiger partial charge in [-0.05, 0) is 59.0 Å². The molecule has 1 amide bonds. The summed E-state index contributed by atoms with van der Waals surface area (Å²) in [4.78, 5) is 14.3. The highest BCUT2D eigenvalue weighted by molar-refractivity contribution is 5.85. The van der Waals surface area contributed by atoms with Crippen molar-refractivity contribution in [2.45, 2.75) is 58.6 Å². The second-order valence-corrected chi connectivity index (χ2v) is 5.92. The first-order chi connectivity index (χ1) is 9.04. The van der Waals surface area contributed by atoms with Crippen molar-refractivity contribution in [3.05, 3.63) is 0 Å². The number of carbonyl (C=O) groups excluding carboxylic acids is 1. The normalized spacial score (nSPS) is 17.6. The number of hydrogen-bond acceptors (Lipinski definition) is 3. The molecule has 1 aliphatic rings. The average molecular weight is 307 g/mol. The molecule has 1 fully saturated rings. The molecule has 20 heavy (non-hydrogen) atoms. The minimum Gasteiger partial charge on any atom is -0.380 e. The van der Waals surface area contributed by atoms with Crippen molar-refractivity contribution >= 4 is 18.3 Å². The summed E-state index contributed by atoms with van der Waals surface area (Å²) < 4.78 is 5.27. The third kappa shape index (κ3) is 6.91. The van der Waals surface area contributed by atoms with Crippen LogP contribution in [0, 0.1) is 5.92 Å². The molecular weight excluding hydrogens is 276 g/mol. The van der Waals surface area contributed by atoms with Gasteiger partial charge in [-0.15, -0.1) is 12.4 Å². The minimum atomic E-state index is 0. The zero-order valence-corrected chi connectivity index (χ0v) is 14.2. The Bertz CT molecular complexity index is 269. The van der Waals surface area contributed by atoms with Crippen LogP contribution >= 0.6 is 12.4 Å². The number of hydrogen-bond donors (Lipinski definition) is 1. The molecule has 1 saturated heterocycles. The molecule has 4 nitrogen and oxygen atoms in total. The Labute approximate surface area is 130 Å². The maximum atomic E-state index is 12.3. The SMILES string of the molecule is COC(C)CN(C(=O)CCC1CCNCC1)C(C)C.Cl. The molecule has 0 aliphatic carbocycles. The fraction of sp³-hybridized carbons (Fsp3) is 0.933. The van der Waals surface area contributed by atoms with Gasteiger partial charge in [0.15, 0.2) is 0 Å². The van der Waals surface area contributed by atoms with Crippen LogP contribution < -0.4 is 5.32 Å². The molecule has 120 valence electrons. The number of carbonyl (C=O) groups is 1. The molecule has 0 aromatic rings. The van der Waals surface area contributed by atoms with E-state index in [9.17, 15) is 4.79 Å². The van der Waals surface area contributed by atoms with Crippen molar-refractivity contribution in [2.24, 2.45) is 5.92 Å². The number of ether oxygens (including phenoxy) is 1. The molecule has 0 saturated carbocycles. The molecule has 1 heterocycles. The Morgan fingerprint density at radius 3 is 2.40 bits per heavy atom. The van der Waals surface area contributed by atoms with Gasteiger partial charge in [-0.25, -0.2) is 0 Å². The zero-order chi connectivity index (χ0) is 14.3. The van der Waals surface area contributed by atoms with Crippen molar-refractivity contribution in [2.75, 3.05) is 26.7 Å². The highest BCUT2D eigenvalue weighted by Gasteiger charge is 2.21. The van der Waals surface area contributed by atoms with E-state index in [2.05, 4.69) is 19.2 Å². The van der Waals surface area contributed by atoms with Gasteiger partial charge in [0.05, 0.1) is 6.10 Å². The number of nitrogens with one attached hydrogen (secondary N) is 1. The third-order valence-electron chi connectivity index (χ3n) is 4.03. The van der Waals surface area contributed by atoms with E-state index in [1.807, 2.05) is 11.8 Å². The average Bonchev–Trinajstić information content (AvgIpc) is 2.42. The van der Waals surface area contributed by atoms with Gasteiger partial charge in [0, 0.05) is 26.1 Å². The summed E-state index contributed by atoms with van der Waals surface area (Å²) in [6, 6.07) is 0.248. The lowest BCUT2D eigenvalue weighted by Crippen LogP contribution is -2.42. The predicted octanol–water partition coefficient (Wildman–Crippen LogP) is 2.46. The minimum absolute atomic E-state index is 0. The van der Waals surface area contributed by atoms with E-state index < -0.39 is 0 Å². The molecular formula is C15H31ClN2O2. The van der Waals surface area contributed by atoms with Crippen molar-refractivity contribution in [3.63, 3.8) is 0 Å². The van der Waals surface area contributed by atoms with E-state index in [1.165, 1.54) is 12.8 Å². The van der Waals surface area contributed by atoms with E-state index in [0.29, 0.717) is 13.0 Å². The Hall–Kier alpha value is -0.320. The maximum Gasteiger partial charge on any atom is 0.222 e. The third-order valence-corrected chi connectivity index (χ3v) is 4.03. The standard InChI is InChI=1S/C15H30N2O2.ClH/c1-12(2)17(11-13(3)19-4)15(18)6-5-14-7-9-16-10-8-14;/h12-14,16H,5-11H2,1-4H3;1H. The number of nitrogens with zero attached hydrogens (tertiary/aromatic N) is 1. The van der Waals surface area contributed by atoms with Gasteiger partial charge in [-0.2, -0.15) is 0 Å². The number of amides is 1. The first-order valence-electron chi connectivity index (χ1n) is 7.57. The Morgan fingerprint density at radius 2 is 1.90 bits per heavy atom. The highest BCUT2D eigenvalue weighted by Crippen LogP contribution is 2.19. The fourth-order valence-electron chi connectivity index (χ4n) is 2.59. The lowest BCUT2D eigenvalue weighted by Gasteiger charge is -2.30. The number of rotatable bonds is 7. The lowest BCUT2D eigenvalue weighted by molar-refractivity contribution is -0.135. The summed E-state index contributed by atoms with van der Waals surface area (Å²) in [5.74, 6) is 0.997. The molecule has 1 unspecified atom stereocenters. The van der Waals surface area contributed by atoms with Crippen molar-refractivity contribution in [3.8, 4) is 0 Å². The topological polar surface area (TPSA) is 41.6 Å². The largest absolute Gasteiger partial charge is 0.380 e. The summed E-state index contributed by atoms with van der Waals surface area (Å²) in [5.41, 5.74) is 0. The van der Waals surface area contributed by atoms with Crippen molar-refractivity contribution < 1.29 is 9.53 Å². The summed E-state index contributed by atoms with van der Waals surface area (Å²) in [7, 11) is 1.70. The summed E-state index contributed by atoms with van der Waals surface area (Å²) >= 11 is 0. The van der Waals surface area contributed by atoms with Crippen LogP contribution in [0.4, 0.5) is 0 Å². The van der Waals surface area contributed by atoms with E-state index in [0.717, 1.165) is 25.4 Å². The number of halogens is 1. The van der Waals surface area contributed by atoms with Crippen LogP contribution in [0.15, 0.2) is 0 Å². The summed E-state index contributed by atoms with van der Waals surface area (Å²) in [6.07, 6.45) is 4.24. The van der Waals surface area contributed by atoms with Crippen LogP contribution in [0.5, 0.6) is 0 Å². The van der Waals surface area contributed by atoms with Crippen LogP contribution in [-0.4, -0.2) is 49.7 Å². The Kier molecular flexibility index (Phi) is 10.2. The van der Waals surface area contributed by atoms with Crippen LogP contribution in [0.2, 0.25) is 0 Å². The summed E-state index contributed by atoms with van der Waals surface area (Å²) in [5, 5.41) is 3.37. The quantitative estimate of drug-likeness (QED) is 0.785. The second kappa shape index (κ2) is 10.4. The number of methoxy groups -OCH3 is 1. The first kappa shape index (κ1) is 19.7. The zero-order valence-electron chi connectivity index (χ0n) is 13.4.